The largest absolute Gasteiger partial charge is 0.353 e. The van der Waals surface area contributed by atoms with Crippen LogP contribution < -0.4 is 5.32 Å². The van der Waals surface area contributed by atoms with E-state index in [4.69, 9.17) is 0 Å². The van der Waals surface area contributed by atoms with Gasteiger partial charge in [0.15, 0.2) is 0 Å². The average Bonchev–Trinajstić information content (AvgIpc) is 2.81. The Kier molecular flexibility index (Phi) is 3.64. The van der Waals surface area contributed by atoms with Crippen molar-refractivity contribution in [2.24, 2.45) is 11.3 Å². The van der Waals surface area contributed by atoms with E-state index in [-0.39, 0.29) is 17.7 Å². The van der Waals surface area contributed by atoms with Crippen molar-refractivity contribution in [3.63, 3.8) is 0 Å². The van der Waals surface area contributed by atoms with Gasteiger partial charge in [-0.1, -0.05) is 13.8 Å². The first-order chi connectivity index (χ1) is 8.41. The number of nitrogens with one attached hydrogen (secondary N) is 1. The monoisotopic (exact) mass is 252 g/mol. The molecule has 1 aliphatic carbocycles. The fourth-order valence-corrected chi connectivity index (χ4v) is 3.13. The second-order valence-electron chi connectivity index (χ2n) is 6.45. The molecule has 2 fully saturated rings. The number of amides is 2. The molecule has 2 amide bonds. The molecule has 0 bridgehead atoms. The van der Waals surface area contributed by atoms with Gasteiger partial charge in [-0.05, 0) is 31.6 Å². The fraction of sp³-hybridized carbons (Fsp3) is 0.857. The van der Waals surface area contributed by atoms with Gasteiger partial charge in [0.1, 0.15) is 0 Å². The lowest BCUT2D eigenvalue weighted by atomic mass is 9.92. The molecular formula is C14H24N2O2. The number of nitrogens with zero attached hydrogens (tertiary/aromatic N) is 1. The van der Waals surface area contributed by atoms with Crippen molar-refractivity contribution < 1.29 is 9.59 Å². The summed E-state index contributed by atoms with van der Waals surface area (Å²) >= 11 is 0. The van der Waals surface area contributed by atoms with Crippen LogP contribution >= 0.6 is 0 Å². The van der Waals surface area contributed by atoms with Gasteiger partial charge in [0, 0.05) is 25.6 Å². The standard InChI is InChI=1S/C14H24N2O2/c1-4-16-9-10(7-12(16)17)13(18)15-11-5-6-14(2,3)8-11/h10-11H,4-9H2,1-3H3,(H,15,18). The molecule has 0 spiro atoms. The van der Waals surface area contributed by atoms with Crippen molar-refractivity contribution in [1.82, 2.24) is 10.2 Å². The van der Waals surface area contributed by atoms with E-state index in [9.17, 15) is 9.59 Å². The summed E-state index contributed by atoms with van der Waals surface area (Å²) in [7, 11) is 0. The Hall–Kier alpha value is -1.06. The molecule has 1 saturated carbocycles. The van der Waals surface area contributed by atoms with E-state index in [1.54, 1.807) is 4.90 Å². The number of likely N-dealkylation sites (tertiary alicyclic amines) is 1. The molecule has 4 nitrogen and oxygen atoms in total. The first-order valence-electron chi connectivity index (χ1n) is 6.99. The summed E-state index contributed by atoms with van der Waals surface area (Å²) in [6, 6.07) is 0.304. The predicted molar refractivity (Wildman–Crippen MR) is 69.9 cm³/mol. The van der Waals surface area contributed by atoms with E-state index < -0.39 is 0 Å². The molecule has 4 heteroatoms. The Bertz CT molecular complexity index is 352. The quantitative estimate of drug-likeness (QED) is 0.828. The topological polar surface area (TPSA) is 49.4 Å². The van der Waals surface area contributed by atoms with Gasteiger partial charge in [-0.25, -0.2) is 0 Å². The summed E-state index contributed by atoms with van der Waals surface area (Å²) in [5.41, 5.74) is 0.346. The van der Waals surface area contributed by atoms with Crippen LogP contribution in [0.2, 0.25) is 0 Å². The molecule has 2 aliphatic rings. The Morgan fingerprint density at radius 1 is 1.50 bits per heavy atom. The average molecular weight is 252 g/mol. The lowest BCUT2D eigenvalue weighted by Gasteiger charge is -2.19. The van der Waals surface area contributed by atoms with Crippen molar-refractivity contribution in [2.45, 2.75) is 52.5 Å². The van der Waals surface area contributed by atoms with Crippen LogP contribution in [0.25, 0.3) is 0 Å². The molecule has 2 atom stereocenters. The van der Waals surface area contributed by atoms with Crippen LogP contribution in [0.4, 0.5) is 0 Å². The highest BCUT2D eigenvalue weighted by Gasteiger charge is 2.36. The Morgan fingerprint density at radius 2 is 2.22 bits per heavy atom. The van der Waals surface area contributed by atoms with Crippen molar-refractivity contribution in [1.29, 1.82) is 0 Å². The molecule has 1 N–H and O–H groups in total. The highest BCUT2D eigenvalue weighted by atomic mass is 16.2. The Labute approximate surface area is 109 Å². The zero-order valence-corrected chi connectivity index (χ0v) is 11.7. The maximum Gasteiger partial charge on any atom is 0.225 e. The lowest BCUT2D eigenvalue weighted by molar-refractivity contribution is -0.129. The predicted octanol–water partition coefficient (Wildman–Crippen LogP) is 1.55. The summed E-state index contributed by atoms with van der Waals surface area (Å²) < 4.78 is 0. The van der Waals surface area contributed by atoms with E-state index in [0.29, 0.717) is 31.0 Å². The van der Waals surface area contributed by atoms with Gasteiger partial charge in [-0.2, -0.15) is 0 Å². The molecule has 0 radical (unpaired) electrons. The molecule has 1 aliphatic heterocycles. The minimum absolute atomic E-state index is 0.0713. The van der Waals surface area contributed by atoms with Gasteiger partial charge < -0.3 is 10.2 Å². The second-order valence-corrected chi connectivity index (χ2v) is 6.45. The van der Waals surface area contributed by atoms with Gasteiger partial charge in [-0.3, -0.25) is 9.59 Å². The number of hydrogen-bond donors (Lipinski definition) is 1. The number of hydrogen-bond acceptors (Lipinski definition) is 2. The highest BCUT2D eigenvalue weighted by molar-refractivity contribution is 5.89. The van der Waals surface area contributed by atoms with E-state index in [1.807, 2.05) is 6.92 Å². The van der Waals surface area contributed by atoms with Crippen LogP contribution in [0.3, 0.4) is 0 Å². The van der Waals surface area contributed by atoms with Crippen molar-refractivity contribution in [2.75, 3.05) is 13.1 Å². The molecule has 0 aromatic carbocycles. The highest BCUT2D eigenvalue weighted by Crippen LogP contribution is 2.37. The van der Waals surface area contributed by atoms with Crippen LogP contribution in [0.1, 0.15) is 46.5 Å². The van der Waals surface area contributed by atoms with E-state index in [0.717, 1.165) is 12.8 Å². The van der Waals surface area contributed by atoms with E-state index in [2.05, 4.69) is 19.2 Å². The number of carbonyl (C=O) groups is 2. The fourth-order valence-electron chi connectivity index (χ4n) is 3.13. The maximum atomic E-state index is 12.1. The third-order valence-electron chi connectivity index (χ3n) is 4.28. The SMILES string of the molecule is CCN1CC(C(=O)NC2CCC(C)(C)C2)CC1=O. The van der Waals surface area contributed by atoms with Crippen LogP contribution in [0.15, 0.2) is 0 Å². The minimum Gasteiger partial charge on any atom is -0.353 e. The van der Waals surface area contributed by atoms with Crippen molar-refractivity contribution in [3.8, 4) is 0 Å². The summed E-state index contributed by atoms with van der Waals surface area (Å²) in [6.07, 6.45) is 3.67. The van der Waals surface area contributed by atoms with Gasteiger partial charge in [0.2, 0.25) is 11.8 Å². The lowest BCUT2D eigenvalue weighted by Crippen LogP contribution is -2.39. The van der Waals surface area contributed by atoms with Crippen molar-refractivity contribution in [3.05, 3.63) is 0 Å². The second kappa shape index (κ2) is 4.90. The third-order valence-corrected chi connectivity index (χ3v) is 4.28. The number of rotatable bonds is 3. The van der Waals surface area contributed by atoms with E-state index in [1.165, 1.54) is 6.42 Å². The zero-order valence-electron chi connectivity index (χ0n) is 11.7. The summed E-state index contributed by atoms with van der Waals surface area (Å²) in [5.74, 6) is 0.0487. The third kappa shape index (κ3) is 2.85. The summed E-state index contributed by atoms with van der Waals surface area (Å²) in [4.78, 5) is 25.5. The van der Waals surface area contributed by atoms with Gasteiger partial charge in [0.25, 0.3) is 0 Å². The molecule has 1 heterocycles. The summed E-state index contributed by atoms with van der Waals surface area (Å²) in [5, 5.41) is 3.12. The zero-order chi connectivity index (χ0) is 13.3. The Balaban J connectivity index is 1.85. The van der Waals surface area contributed by atoms with E-state index >= 15 is 0 Å². The molecule has 2 unspecified atom stereocenters. The van der Waals surface area contributed by atoms with Crippen LogP contribution in [-0.4, -0.2) is 35.8 Å². The van der Waals surface area contributed by atoms with Crippen LogP contribution in [-0.2, 0) is 9.59 Å². The van der Waals surface area contributed by atoms with Crippen LogP contribution in [0, 0.1) is 11.3 Å². The summed E-state index contributed by atoms with van der Waals surface area (Å²) in [6.45, 7) is 7.75. The first-order valence-corrected chi connectivity index (χ1v) is 6.99. The molecule has 1 saturated heterocycles. The van der Waals surface area contributed by atoms with Gasteiger partial charge in [0.05, 0.1) is 5.92 Å². The molecule has 102 valence electrons. The minimum atomic E-state index is -0.138. The molecule has 2 rings (SSSR count). The normalized spacial score (nSPS) is 30.8. The maximum absolute atomic E-state index is 12.1. The van der Waals surface area contributed by atoms with Crippen molar-refractivity contribution >= 4 is 11.8 Å². The molecule has 0 aromatic heterocycles. The molecular weight excluding hydrogens is 228 g/mol. The molecule has 18 heavy (non-hydrogen) atoms. The van der Waals surface area contributed by atoms with Gasteiger partial charge in [-0.15, -0.1) is 0 Å². The van der Waals surface area contributed by atoms with Gasteiger partial charge >= 0.3 is 0 Å². The van der Waals surface area contributed by atoms with Crippen LogP contribution in [0.5, 0.6) is 0 Å². The Morgan fingerprint density at radius 3 is 2.72 bits per heavy atom. The number of carbonyl (C=O) groups excluding carboxylic acids is 2. The first kappa shape index (κ1) is 13.4. The molecule has 0 aromatic rings. The smallest absolute Gasteiger partial charge is 0.225 e.